The number of carbonyl (C=O) groups excluding carboxylic acids is 1. The van der Waals surface area contributed by atoms with E-state index in [2.05, 4.69) is 32.5 Å². The van der Waals surface area contributed by atoms with E-state index in [9.17, 15) is 4.79 Å². The first kappa shape index (κ1) is 18.6. The number of carbonyl (C=O) groups is 1. The molecule has 4 rings (SSSR count). The van der Waals surface area contributed by atoms with Gasteiger partial charge in [-0.1, -0.05) is 35.5 Å². The smallest absolute Gasteiger partial charge is 0.262 e. The normalized spacial score (nSPS) is 15.4. The third-order valence-corrected chi connectivity index (χ3v) is 5.78. The summed E-state index contributed by atoms with van der Waals surface area (Å²) in [7, 11) is 0. The molecule has 0 aliphatic carbocycles. The molecule has 0 radical (unpaired) electrons. The van der Waals surface area contributed by atoms with Crippen LogP contribution in [0.2, 0.25) is 0 Å². The van der Waals surface area contributed by atoms with Crippen molar-refractivity contribution < 1.29 is 14.1 Å². The predicted molar refractivity (Wildman–Crippen MR) is 108 cm³/mol. The van der Waals surface area contributed by atoms with Crippen molar-refractivity contribution in [2.75, 3.05) is 31.2 Å². The van der Waals surface area contributed by atoms with Gasteiger partial charge in [-0.15, -0.1) is 11.3 Å². The Kier molecular flexibility index (Phi) is 5.40. The number of rotatable bonds is 5. The number of amides is 1. The van der Waals surface area contributed by atoms with Crippen molar-refractivity contribution in [2.45, 2.75) is 19.9 Å². The van der Waals surface area contributed by atoms with Gasteiger partial charge in [-0.2, -0.15) is 4.98 Å². The average molecular weight is 398 g/mol. The molecule has 3 aromatic rings. The highest BCUT2D eigenvalue weighted by molar-refractivity contribution is 7.18. The Bertz CT molecular complexity index is 948. The number of aryl methyl sites for hydroxylation is 1. The fourth-order valence-corrected chi connectivity index (χ4v) is 4.27. The van der Waals surface area contributed by atoms with Gasteiger partial charge in [-0.3, -0.25) is 4.79 Å². The third-order valence-electron chi connectivity index (χ3n) is 4.58. The topological polar surface area (TPSA) is 80.5 Å². The zero-order valence-corrected chi connectivity index (χ0v) is 16.7. The molecule has 0 unspecified atom stereocenters. The van der Waals surface area contributed by atoms with Gasteiger partial charge in [0.2, 0.25) is 5.89 Å². The minimum atomic E-state index is -0.359. The minimum absolute atomic E-state index is 0.148. The lowest BCUT2D eigenvalue weighted by Crippen LogP contribution is -2.35. The quantitative estimate of drug-likeness (QED) is 0.709. The third kappa shape index (κ3) is 3.93. The van der Waals surface area contributed by atoms with Gasteiger partial charge in [0.25, 0.3) is 5.91 Å². The Balaban J connectivity index is 1.61. The molecule has 1 N–H and O–H groups in total. The van der Waals surface area contributed by atoms with E-state index in [1.165, 1.54) is 11.3 Å². The number of ether oxygens (including phenoxy) is 1. The number of hydrogen-bond donors (Lipinski definition) is 1. The molecule has 1 aliphatic rings. The summed E-state index contributed by atoms with van der Waals surface area (Å²) in [4.78, 5) is 20.0. The standard InChI is InChI=1S/C20H22N4O3S/c1-13(19-22-14(2)23-27-19)21-18(25)17-12-16(15-6-4-3-5-7-15)20(28-17)24-8-10-26-11-9-24/h3-7,12-13H,8-11H2,1-2H3,(H,21,25)/t13-/m0/s1. The summed E-state index contributed by atoms with van der Waals surface area (Å²) < 4.78 is 10.6. The molecule has 2 aromatic heterocycles. The van der Waals surface area contributed by atoms with Gasteiger partial charge in [0.1, 0.15) is 6.04 Å². The molecule has 1 fully saturated rings. The highest BCUT2D eigenvalue weighted by Crippen LogP contribution is 2.39. The van der Waals surface area contributed by atoms with Crippen LogP contribution in [0.15, 0.2) is 40.9 Å². The Hall–Kier alpha value is -2.71. The fourth-order valence-electron chi connectivity index (χ4n) is 3.14. The monoisotopic (exact) mass is 398 g/mol. The van der Waals surface area contributed by atoms with Crippen molar-refractivity contribution in [3.8, 4) is 11.1 Å². The molecule has 0 spiro atoms. The average Bonchev–Trinajstić information content (AvgIpc) is 3.36. The highest BCUT2D eigenvalue weighted by Gasteiger charge is 2.23. The van der Waals surface area contributed by atoms with E-state index in [0.29, 0.717) is 29.8 Å². The first-order valence-corrected chi connectivity index (χ1v) is 10.1. The molecule has 1 atom stereocenters. The van der Waals surface area contributed by atoms with Crippen LogP contribution < -0.4 is 10.2 Å². The second-order valence-corrected chi connectivity index (χ2v) is 7.70. The number of benzene rings is 1. The van der Waals surface area contributed by atoms with Crippen molar-refractivity contribution in [3.63, 3.8) is 0 Å². The Labute approximate surface area is 167 Å². The number of anilines is 1. The van der Waals surface area contributed by atoms with E-state index in [4.69, 9.17) is 9.26 Å². The number of aromatic nitrogens is 2. The maximum atomic E-state index is 12.9. The minimum Gasteiger partial charge on any atom is -0.378 e. The summed E-state index contributed by atoms with van der Waals surface area (Å²) in [5, 5.41) is 7.83. The zero-order chi connectivity index (χ0) is 19.5. The van der Waals surface area contributed by atoms with Crippen molar-refractivity contribution in [1.82, 2.24) is 15.5 Å². The van der Waals surface area contributed by atoms with Gasteiger partial charge >= 0.3 is 0 Å². The first-order chi connectivity index (χ1) is 13.6. The molecule has 0 saturated carbocycles. The zero-order valence-electron chi connectivity index (χ0n) is 15.8. The van der Waals surface area contributed by atoms with Crippen LogP contribution in [0, 0.1) is 6.92 Å². The molecule has 146 valence electrons. The van der Waals surface area contributed by atoms with Crippen LogP contribution >= 0.6 is 11.3 Å². The molecule has 7 nitrogen and oxygen atoms in total. The number of nitrogens with one attached hydrogen (secondary N) is 1. The van der Waals surface area contributed by atoms with E-state index in [-0.39, 0.29) is 11.9 Å². The van der Waals surface area contributed by atoms with Crippen molar-refractivity contribution in [2.24, 2.45) is 0 Å². The molecule has 1 amide bonds. The summed E-state index contributed by atoms with van der Waals surface area (Å²) in [5.74, 6) is 0.803. The lowest BCUT2D eigenvalue weighted by atomic mass is 10.1. The Morgan fingerprint density at radius 3 is 2.68 bits per heavy atom. The van der Waals surface area contributed by atoms with Crippen molar-refractivity contribution in [3.05, 3.63) is 53.0 Å². The molecule has 0 bridgehead atoms. The van der Waals surface area contributed by atoms with Gasteiger partial charge in [0.15, 0.2) is 5.82 Å². The molecule has 3 heterocycles. The molecule has 1 aromatic carbocycles. The van der Waals surface area contributed by atoms with Crippen LogP contribution in [0.4, 0.5) is 5.00 Å². The molecule has 28 heavy (non-hydrogen) atoms. The van der Waals surface area contributed by atoms with Crippen LogP contribution in [0.5, 0.6) is 0 Å². The van der Waals surface area contributed by atoms with E-state index < -0.39 is 0 Å². The summed E-state index contributed by atoms with van der Waals surface area (Å²) in [6.45, 7) is 6.61. The number of nitrogens with zero attached hydrogens (tertiary/aromatic N) is 3. The Morgan fingerprint density at radius 1 is 1.25 bits per heavy atom. The van der Waals surface area contributed by atoms with E-state index in [0.717, 1.165) is 29.2 Å². The first-order valence-electron chi connectivity index (χ1n) is 9.25. The predicted octanol–water partition coefficient (Wildman–Crippen LogP) is 3.43. The maximum absolute atomic E-state index is 12.9. The Morgan fingerprint density at radius 2 is 2.00 bits per heavy atom. The lowest BCUT2D eigenvalue weighted by Gasteiger charge is -2.28. The number of morpholine rings is 1. The van der Waals surface area contributed by atoms with Gasteiger partial charge in [0, 0.05) is 18.7 Å². The van der Waals surface area contributed by atoms with Crippen molar-refractivity contribution in [1.29, 1.82) is 0 Å². The van der Waals surface area contributed by atoms with E-state index in [1.807, 2.05) is 31.2 Å². The lowest BCUT2D eigenvalue weighted by molar-refractivity contribution is 0.0936. The van der Waals surface area contributed by atoms with E-state index in [1.54, 1.807) is 6.92 Å². The molecule has 1 saturated heterocycles. The molecular formula is C20H22N4O3S. The van der Waals surface area contributed by atoms with Gasteiger partial charge in [-0.25, -0.2) is 0 Å². The highest BCUT2D eigenvalue weighted by atomic mass is 32.1. The largest absolute Gasteiger partial charge is 0.378 e. The molecular weight excluding hydrogens is 376 g/mol. The van der Waals surface area contributed by atoms with Crippen LogP contribution in [-0.2, 0) is 4.74 Å². The molecule has 1 aliphatic heterocycles. The van der Waals surface area contributed by atoms with E-state index >= 15 is 0 Å². The second kappa shape index (κ2) is 8.12. The SMILES string of the molecule is Cc1noc([C@H](C)NC(=O)c2cc(-c3ccccc3)c(N3CCOCC3)s2)n1. The summed E-state index contributed by atoms with van der Waals surface area (Å²) in [6.07, 6.45) is 0. The van der Waals surface area contributed by atoms with Crippen molar-refractivity contribution >= 4 is 22.2 Å². The van der Waals surface area contributed by atoms with Crippen LogP contribution in [0.25, 0.3) is 11.1 Å². The summed E-state index contributed by atoms with van der Waals surface area (Å²) in [5.41, 5.74) is 2.17. The second-order valence-electron chi connectivity index (χ2n) is 6.67. The van der Waals surface area contributed by atoms with Crippen LogP contribution in [-0.4, -0.2) is 42.4 Å². The number of thiophene rings is 1. The van der Waals surface area contributed by atoms with Gasteiger partial charge < -0.3 is 19.5 Å². The van der Waals surface area contributed by atoms with Gasteiger partial charge in [-0.05, 0) is 25.5 Å². The molecule has 8 heteroatoms. The van der Waals surface area contributed by atoms with Gasteiger partial charge in [0.05, 0.1) is 23.1 Å². The van der Waals surface area contributed by atoms with Crippen LogP contribution in [0.1, 0.15) is 34.4 Å². The fraction of sp³-hybridized carbons (Fsp3) is 0.350. The maximum Gasteiger partial charge on any atom is 0.262 e. The number of hydrogen-bond acceptors (Lipinski definition) is 7. The van der Waals surface area contributed by atoms with Crippen LogP contribution in [0.3, 0.4) is 0 Å². The summed E-state index contributed by atoms with van der Waals surface area (Å²) >= 11 is 1.50. The summed E-state index contributed by atoms with van der Waals surface area (Å²) in [6, 6.07) is 11.8.